The topological polar surface area (TPSA) is 55.2 Å². The molecular formula is C23H29N3O2S2. The molecule has 2 aliphatic heterocycles. The Kier molecular flexibility index (Phi) is 6.88. The standard InChI is InChI=1S/C23H29N3O2S2/c1-3-18-11-7-8-12-25(18)20(27)15-29-23-24-19-13-16(2)30-21(19)22(28)26(23)14-17-9-5-4-6-10-17/h4-6,9-10,16,18H,3,7-8,11-15H2,1-2H3/t16-,18+/m1/s1. The number of carbonyl (C=O) groups is 1. The molecule has 1 amide bonds. The van der Waals surface area contributed by atoms with Crippen LogP contribution in [0.15, 0.2) is 45.2 Å². The average Bonchev–Trinajstić information content (AvgIpc) is 3.15. The van der Waals surface area contributed by atoms with Gasteiger partial charge in [0.25, 0.3) is 5.56 Å². The van der Waals surface area contributed by atoms with Gasteiger partial charge in [0.2, 0.25) is 5.91 Å². The number of nitrogens with zero attached hydrogens (tertiary/aromatic N) is 3. The van der Waals surface area contributed by atoms with Crippen molar-refractivity contribution >= 4 is 29.4 Å². The summed E-state index contributed by atoms with van der Waals surface area (Å²) in [6.07, 6.45) is 5.19. The lowest BCUT2D eigenvalue weighted by molar-refractivity contribution is -0.132. The van der Waals surface area contributed by atoms with Gasteiger partial charge in [-0.2, -0.15) is 0 Å². The Morgan fingerprint density at radius 3 is 2.83 bits per heavy atom. The molecule has 0 spiro atoms. The third kappa shape index (κ3) is 4.62. The largest absolute Gasteiger partial charge is 0.339 e. The zero-order chi connectivity index (χ0) is 21.1. The average molecular weight is 444 g/mol. The van der Waals surface area contributed by atoms with E-state index in [4.69, 9.17) is 4.98 Å². The van der Waals surface area contributed by atoms with E-state index in [0.29, 0.717) is 28.7 Å². The van der Waals surface area contributed by atoms with Gasteiger partial charge in [-0.05, 0) is 31.2 Å². The van der Waals surface area contributed by atoms with Crippen LogP contribution in [0.25, 0.3) is 0 Å². The summed E-state index contributed by atoms with van der Waals surface area (Å²) in [6.45, 7) is 5.61. The molecular weight excluding hydrogens is 414 g/mol. The van der Waals surface area contributed by atoms with E-state index in [0.717, 1.165) is 48.4 Å². The van der Waals surface area contributed by atoms with Crippen LogP contribution in [0.2, 0.25) is 0 Å². The molecule has 0 aliphatic carbocycles. The van der Waals surface area contributed by atoms with E-state index < -0.39 is 0 Å². The molecule has 2 aliphatic rings. The number of aromatic nitrogens is 2. The first-order valence-electron chi connectivity index (χ1n) is 10.8. The molecule has 7 heteroatoms. The van der Waals surface area contributed by atoms with Crippen molar-refractivity contribution in [3.05, 3.63) is 51.9 Å². The molecule has 3 heterocycles. The second-order valence-corrected chi connectivity index (χ2v) is 10.5. The van der Waals surface area contributed by atoms with Crippen LogP contribution in [0.4, 0.5) is 0 Å². The number of thioether (sulfide) groups is 2. The molecule has 0 saturated carbocycles. The van der Waals surface area contributed by atoms with E-state index in [9.17, 15) is 9.59 Å². The van der Waals surface area contributed by atoms with Crippen molar-refractivity contribution in [3.63, 3.8) is 0 Å². The highest BCUT2D eigenvalue weighted by atomic mass is 32.2. The van der Waals surface area contributed by atoms with Crippen molar-refractivity contribution in [2.24, 2.45) is 0 Å². The van der Waals surface area contributed by atoms with Gasteiger partial charge in [0.05, 0.1) is 22.9 Å². The van der Waals surface area contributed by atoms with Gasteiger partial charge >= 0.3 is 0 Å². The summed E-state index contributed by atoms with van der Waals surface area (Å²) in [5.74, 6) is 0.495. The lowest BCUT2D eigenvalue weighted by atomic mass is 10.0. The van der Waals surface area contributed by atoms with E-state index in [1.54, 1.807) is 16.3 Å². The van der Waals surface area contributed by atoms with E-state index in [-0.39, 0.29) is 11.5 Å². The van der Waals surface area contributed by atoms with Gasteiger partial charge in [0.1, 0.15) is 0 Å². The predicted octanol–water partition coefficient (Wildman–Crippen LogP) is 4.21. The third-order valence-corrected chi connectivity index (χ3v) is 8.07. The number of fused-ring (bicyclic) bond motifs is 1. The van der Waals surface area contributed by atoms with Crippen LogP contribution in [-0.4, -0.2) is 43.9 Å². The van der Waals surface area contributed by atoms with Crippen molar-refractivity contribution in [1.29, 1.82) is 0 Å². The number of hydrogen-bond acceptors (Lipinski definition) is 5. The quantitative estimate of drug-likeness (QED) is 0.494. The molecule has 1 saturated heterocycles. The van der Waals surface area contributed by atoms with Crippen LogP contribution in [-0.2, 0) is 17.8 Å². The Balaban J connectivity index is 1.58. The molecule has 1 aromatic heterocycles. The highest BCUT2D eigenvalue weighted by molar-refractivity contribution is 8.00. The van der Waals surface area contributed by atoms with Crippen molar-refractivity contribution in [3.8, 4) is 0 Å². The van der Waals surface area contributed by atoms with Crippen LogP contribution in [0.3, 0.4) is 0 Å². The summed E-state index contributed by atoms with van der Waals surface area (Å²) < 4.78 is 1.75. The van der Waals surface area contributed by atoms with E-state index in [1.807, 2.05) is 35.2 Å². The van der Waals surface area contributed by atoms with Crippen molar-refractivity contribution in [2.75, 3.05) is 12.3 Å². The maximum Gasteiger partial charge on any atom is 0.268 e. The van der Waals surface area contributed by atoms with Gasteiger partial charge in [0, 0.05) is 24.3 Å². The highest BCUT2D eigenvalue weighted by Crippen LogP contribution is 2.34. The fourth-order valence-corrected chi connectivity index (χ4v) is 6.33. The lowest BCUT2D eigenvalue weighted by Gasteiger charge is -2.35. The Bertz CT molecular complexity index is 961. The zero-order valence-corrected chi connectivity index (χ0v) is 19.3. The monoisotopic (exact) mass is 443 g/mol. The molecule has 2 aromatic rings. The van der Waals surface area contributed by atoms with Crippen molar-refractivity contribution < 1.29 is 4.79 Å². The molecule has 2 atom stereocenters. The fourth-order valence-electron chi connectivity index (χ4n) is 4.31. The maximum absolute atomic E-state index is 13.3. The summed E-state index contributed by atoms with van der Waals surface area (Å²) in [4.78, 5) is 33.9. The first-order chi connectivity index (χ1) is 14.6. The predicted molar refractivity (Wildman–Crippen MR) is 123 cm³/mol. The van der Waals surface area contributed by atoms with Gasteiger partial charge in [-0.15, -0.1) is 11.8 Å². The molecule has 30 heavy (non-hydrogen) atoms. The van der Waals surface area contributed by atoms with Crippen LogP contribution in [0.1, 0.15) is 50.8 Å². The Hall–Kier alpha value is -1.73. The van der Waals surface area contributed by atoms with Crippen LogP contribution in [0.5, 0.6) is 0 Å². The summed E-state index contributed by atoms with van der Waals surface area (Å²) in [5, 5.41) is 1.03. The fraction of sp³-hybridized carbons (Fsp3) is 0.522. The van der Waals surface area contributed by atoms with Gasteiger partial charge in [-0.1, -0.05) is 55.9 Å². The molecule has 160 valence electrons. The number of piperidine rings is 1. The molecule has 0 radical (unpaired) electrons. The number of hydrogen-bond donors (Lipinski definition) is 0. The minimum atomic E-state index is 0.0255. The third-order valence-electron chi connectivity index (χ3n) is 5.89. The minimum absolute atomic E-state index is 0.0255. The maximum atomic E-state index is 13.3. The molecule has 0 N–H and O–H groups in total. The van der Waals surface area contributed by atoms with E-state index in [1.165, 1.54) is 18.2 Å². The molecule has 0 unspecified atom stereocenters. The number of carbonyl (C=O) groups excluding carboxylic acids is 1. The van der Waals surface area contributed by atoms with Gasteiger partial charge in [-0.3, -0.25) is 14.2 Å². The summed E-state index contributed by atoms with van der Waals surface area (Å²) >= 11 is 3.03. The molecule has 0 bridgehead atoms. The molecule has 1 aromatic carbocycles. The number of rotatable bonds is 6. The van der Waals surface area contributed by atoms with Gasteiger partial charge < -0.3 is 4.90 Å². The SMILES string of the molecule is CC[C@H]1CCCCN1C(=O)CSc1nc2c(c(=O)n1Cc1ccccc1)S[C@H](C)C2. The van der Waals surface area contributed by atoms with Crippen molar-refractivity contribution in [1.82, 2.24) is 14.5 Å². The van der Waals surface area contributed by atoms with Crippen LogP contribution in [0, 0.1) is 0 Å². The Labute approximate surface area is 186 Å². The van der Waals surface area contributed by atoms with E-state index in [2.05, 4.69) is 13.8 Å². The highest BCUT2D eigenvalue weighted by Gasteiger charge is 2.28. The molecule has 1 fully saturated rings. The first-order valence-corrected chi connectivity index (χ1v) is 12.7. The Morgan fingerprint density at radius 1 is 1.27 bits per heavy atom. The summed E-state index contributed by atoms with van der Waals surface area (Å²) in [6, 6.07) is 10.3. The smallest absolute Gasteiger partial charge is 0.268 e. The lowest BCUT2D eigenvalue weighted by Crippen LogP contribution is -2.44. The van der Waals surface area contributed by atoms with Crippen LogP contribution >= 0.6 is 23.5 Å². The first kappa shape index (κ1) is 21.5. The molecule has 5 nitrogen and oxygen atoms in total. The Morgan fingerprint density at radius 2 is 2.07 bits per heavy atom. The second-order valence-electron chi connectivity index (χ2n) is 8.11. The van der Waals surface area contributed by atoms with Crippen molar-refractivity contribution in [2.45, 2.75) is 73.8 Å². The number of amides is 1. The minimum Gasteiger partial charge on any atom is -0.339 e. The number of likely N-dealkylation sites (tertiary alicyclic amines) is 1. The van der Waals surface area contributed by atoms with Crippen LogP contribution < -0.4 is 5.56 Å². The summed E-state index contributed by atoms with van der Waals surface area (Å²) in [5.41, 5.74) is 1.98. The van der Waals surface area contributed by atoms with Gasteiger partial charge in [-0.25, -0.2) is 4.98 Å². The van der Waals surface area contributed by atoms with Gasteiger partial charge in [0.15, 0.2) is 5.16 Å². The summed E-state index contributed by atoms with van der Waals surface area (Å²) in [7, 11) is 0. The second kappa shape index (κ2) is 9.60. The van der Waals surface area contributed by atoms with E-state index >= 15 is 0 Å². The molecule has 4 rings (SSSR count). The zero-order valence-electron chi connectivity index (χ0n) is 17.7. The number of benzene rings is 1. The normalized spacial score (nSPS) is 20.9.